The van der Waals surface area contributed by atoms with Gasteiger partial charge in [0.05, 0.1) is 24.8 Å². The van der Waals surface area contributed by atoms with Crippen LogP contribution in [0.15, 0.2) is 23.1 Å². The molecule has 0 unspecified atom stereocenters. The molecule has 1 aromatic carbocycles. The summed E-state index contributed by atoms with van der Waals surface area (Å²) in [4.78, 5) is 11.7. The number of aromatic amines is 1. The molecule has 20 heavy (non-hydrogen) atoms. The second-order valence-corrected chi connectivity index (χ2v) is 4.67. The zero-order valence-electron chi connectivity index (χ0n) is 11.3. The van der Waals surface area contributed by atoms with Gasteiger partial charge in [-0.2, -0.15) is 5.10 Å². The van der Waals surface area contributed by atoms with Crippen molar-refractivity contribution in [2.24, 2.45) is 0 Å². The molecule has 0 aliphatic rings. The van der Waals surface area contributed by atoms with E-state index in [0.29, 0.717) is 17.2 Å². The number of benzene rings is 1. The van der Waals surface area contributed by atoms with E-state index in [2.05, 4.69) is 10.2 Å². The lowest BCUT2D eigenvalue weighted by atomic mass is 10.1. The maximum atomic E-state index is 10.9. The maximum absolute atomic E-state index is 10.9. The van der Waals surface area contributed by atoms with Crippen LogP contribution in [0.5, 0.6) is 11.5 Å². The fourth-order valence-electron chi connectivity index (χ4n) is 1.87. The van der Waals surface area contributed by atoms with Crippen molar-refractivity contribution in [1.82, 2.24) is 10.2 Å². The van der Waals surface area contributed by atoms with Gasteiger partial charge in [-0.05, 0) is 24.5 Å². The smallest absolute Gasteiger partial charge is 0.353 e. The highest BCUT2D eigenvalue weighted by Gasteiger charge is 2.18. The van der Waals surface area contributed by atoms with Crippen molar-refractivity contribution in [3.8, 4) is 22.8 Å². The minimum absolute atomic E-state index is 0.0434. The van der Waals surface area contributed by atoms with Crippen LogP contribution in [-0.4, -0.2) is 41.7 Å². The third kappa shape index (κ3) is 2.44. The molecule has 6 nitrogen and oxygen atoms in total. The van der Waals surface area contributed by atoms with Crippen LogP contribution in [0.2, 0.25) is 0 Å². The average Bonchev–Trinajstić information content (AvgIpc) is 2.95. The first kappa shape index (κ1) is 14.3. The van der Waals surface area contributed by atoms with Gasteiger partial charge in [0.2, 0.25) is 0 Å². The molecule has 7 heteroatoms. The average molecular weight is 294 g/mol. The molecular weight excluding hydrogens is 280 g/mol. The number of nitrogens with one attached hydrogen (secondary N) is 1. The molecule has 2 N–H and O–H groups in total. The molecular formula is C13H14N2O4S. The highest BCUT2D eigenvalue weighted by molar-refractivity contribution is 7.98. The SMILES string of the molecule is COc1ccc(-c2cc(C(=O)O)[nH]n2)c(SC)c1OC. The molecule has 0 aliphatic carbocycles. The molecule has 2 rings (SSSR count). The van der Waals surface area contributed by atoms with E-state index in [9.17, 15) is 4.79 Å². The number of methoxy groups -OCH3 is 2. The van der Waals surface area contributed by atoms with Crippen LogP contribution in [0.25, 0.3) is 11.3 Å². The Balaban J connectivity index is 2.58. The summed E-state index contributed by atoms with van der Waals surface area (Å²) < 4.78 is 10.6. The van der Waals surface area contributed by atoms with E-state index in [0.717, 1.165) is 10.5 Å². The predicted molar refractivity (Wildman–Crippen MR) is 75.9 cm³/mol. The Bertz CT molecular complexity index is 639. The van der Waals surface area contributed by atoms with E-state index < -0.39 is 5.97 Å². The van der Waals surface area contributed by atoms with E-state index >= 15 is 0 Å². The normalized spacial score (nSPS) is 10.3. The third-order valence-electron chi connectivity index (χ3n) is 2.79. The van der Waals surface area contributed by atoms with Crippen molar-refractivity contribution in [2.45, 2.75) is 4.90 Å². The molecule has 0 saturated carbocycles. The molecule has 0 amide bonds. The highest BCUT2D eigenvalue weighted by Crippen LogP contribution is 2.42. The van der Waals surface area contributed by atoms with Gasteiger partial charge in [0.15, 0.2) is 11.5 Å². The van der Waals surface area contributed by atoms with Crippen molar-refractivity contribution in [3.05, 3.63) is 23.9 Å². The molecule has 2 aromatic rings. The van der Waals surface area contributed by atoms with Crippen molar-refractivity contribution in [1.29, 1.82) is 0 Å². The molecule has 0 spiro atoms. The zero-order valence-corrected chi connectivity index (χ0v) is 12.1. The lowest BCUT2D eigenvalue weighted by molar-refractivity contribution is 0.0690. The third-order valence-corrected chi connectivity index (χ3v) is 3.60. The van der Waals surface area contributed by atoms with Crippen LogP contribution in [0.3, 0.4) is 0 Å². The zero-order chi connectivity index (χ0) is 14.7. The van der Waals surface area contributed by atoms with Crippen LogP contribution in [0, 0.1) is 0 Å². The number of aromatic nitrogens is 2. The van der Waals surface area contributed by atoms with Crippen molar-refractivity contribution in [2.75, 3.05) is 20.5 Å². The molecule has 0 atom stereocenters. The Morgan fingerprint density at radius 3 is 2.60 bits per heavy atom. The van der Waals surface area contributed by atoms with Gasteiger partial charge in [-0.1, -0.05) is 0 Å². The number of ether oxygens (including phenoxy) is 2. The van der Waals surface area contributed by atoms with Crippen molar-refractivity contribution in [3.63, 3.8) is 0 Å². The summed E-state index contributed by atoms with van der Waals surface area (Å²) in [5.74, 6) is 0.182. The van der Waals surface area contributed by atoms with Crippen molar-refractivity contribution >= 4 is 17.7 Å². The minimum atomic E-state index is -1.05. The second-order valence-electron chi connectivity index (χ2n) is 3.85. The summed E-state index contributed by atoms with van der Waals surface area (Å²) in [7, 11) is 3.13. The molecule has 1 heterocycles. The van der Waals surface area contributed by atoms with Crippen LogP contribution < -0.4 is 9.47 Å². The summed E-state index contributed by atoms with van der Waals surface area (Å²) in [6.45, 7) is 0. The van der Waals surface area contributed by atoms with E-state index in [-0.39, 0.29) is 5.69 Å². The second kappa shape index (κ2) is 5.87. The van der Waals surface area contributed by atoms with E-state index in [1.54, 1.807) is 20.3 Å². The minimum Gasteiger partial charge on any atom is -0.493 e. The van der Waals surface area contributed by atoms with Crippen LogP contribution in [0.4, 0.5) is 0 Å². The van der Waals surface area contributed by atoms with E-state index in [4.69, 9.17) is 14.6 Å². The van der Waals surface area contributed by atoms with Gasteiger partial charge < -0.3 is 14.6 Å². The number of carboxylic acids is 1. The molecule has 0 saturated heterocycles. The van der Waals surface area contributed by atoms with Crippen LogP contribution >= 0.6 is 11.8 Å². The van der Waals surface area contributed by atoms with Crippen LogP contribution in [-0.2, 0) is 0 Å². The first-order valence-electron chi connectivity index (χ1n) is 5.70. The maximum Gasteiger partial charge on any atom is 0.353 e. The van der Waals surface area contributed by atoms with Gasteiger partial charge in [-0.15, -0.1) is 11.8 Å². The van der Waals surface area contributed by atoms with Crippen LogP contribution in [0.1, 0.15) is 10.5 Å². The summed E-state index contributed by atoms with van der Waals surface area (Å²) in [5, 5.41) is 15.5. The number of H-pyrrole nitrogens is 1. The van der Waals surface area contributed by atoms with Gasteiger partial charge >= 0.3 is 5.97 Å². The molecule has 106 valence electrons. The van der Waals surface area contributed by atoms with Gasteiger partial charge in [0.25, 0.3) is 0 Å². The molecule has 0 aliphatic heterocycles. The molecule has 0 fully saturated rings. The van der Waals surface area contributed by atoms with Gasteiger partial charge in [0.1, 0.15) is 5.69 Å². The number of thioether (sulfide) groups is 1. The number of nitrogens with zero attached hydrogens (tertiary/aromatic N) is 1. The molecule has 0 radical (unpaired) electrons. The van der Waals surface area contributed by atoms with E-state index in [1.807, 2.05) is 12.3 Å². The Labute approximate surface area is 120 Å². The Hall–Kier alpha value is -2.15. The largest absolute Gasteiger partial charge is 0.493 e. The summed E-state index contributed by atoms with van der Waals surface area (Å²) in [5.41, 5.74) is 1.38. The number of carbonyl (C=O) groups is 1. The Morgan fingerprint density at radius 1 is 1.35 bits per heavy atom. The first-order valence-corrected chi connectivity index (χ1v) is 6.92. The van der Waals surface area contributed by atoms with Crippen molar-refractivity contribution < 1.29 is 19.4 Å². The number of aromatic carboxylic acids is 1. The standard InChI is InChI=1S/C13H14N2O4S/c1-18-10-5-4-7(12(20-3)11(10)19-2)8-6-9(13(16)17)15-14-8/h4-6H,1-3H3,(H,14,15)(H,16,17). The lowest BCUT2D eigenvalue weighted by Gasteiger charge is -2.14. The quantitative estimate of drug-likeness (QED) is 0.824. The molecule has 1 aromatic heterocycles. The van der Waals surface area contributed by atoms with Gasteiger partial charge in [0, 0.05) is 5.56 Å². The van der Waals surface area contributed by atoms with E-state index in [1.165, 1.54) is 17.8 Å². The number of carboxylic acid groups (broad SMARTS) is 1. The monoisotopic (exact) mass is 294 g/mol. The first-order chi connectivity index (χ1) is 9.62. The fraction of sp³-hybridized carbons (Fsp3) is 0.231. The summed E-state index contributed by atoms with van der Waals surface area (Å²) in [6, 6.07) is 5.08. The Morgan fingerprint density at radius 2 is 2.10 bits per heavy atom. The lowest BCUT2D eigenvalue weighted by Crippen LogP contribution is -1.95. The topological polar surface area (TPSA) is 84.4 Å². The number of rotatable bonds is 5. The fourth-order valence-corrected chi connectivity index (χ4v) is 2.63. The summed E-state index contributed by atoms with van der Waals surface area (Å²) in [6.07, 6.45) is 1.91. The summed E-state index contributed by atoms with van der Waals surface area (Å²) >= 11 is 1.48. The molecule has 0 bridgehead atoms. The number of hydrogen-bond donors (Lipinski definition) is 2. The predicted octanol–water partition coefficient (Wildman–Crippen LogP) is 2.51. The van der Waals surface area contributed by atoms with Gasteiger partial charge in [-0.25, -0.2) is 4.79 Å². The highest BCUT2D eigenvalue weighted by atomic mass is 32.2. The Kier molecular flexibility index (Phi) is 4.19. The number of hydrogen-bond acceptors (Lipinski definition) is 5. The van der Waals surface area contributed by atoms with Gasteiger partial charge in [-0.3, -0.25) is 5.10 Å².